The van der Waals surface area contributed by atoms with Crippen molar-refractivity contribution >= 4 is 50.7 Å². The van der Waals surface area contributed by atoms with Crippen LogP contribution in [-0.4, -0.2) is 31.2 Å². The lowest BCUT2D eigenvalue weighted by Gasteiger charge is -2.18. The molecule has 30 heavy (non-hydrogen) atoms. The maximum atomic E-state index is 14.6. The van der Waals surface area contributed by atoms with Gasteiger partial charge in [0.25, 0.3) is 5.56 Å². The Bertz CT molecular complexity index is 1210. The summed E-state index contributed by atoms with van der Waals surface area (Å²) in [5.41, 5.74) is 1.94. The molecule has 1 fully saturated rings. The number of anilines is 3. The van der Waals surface area contributed by atoms with E-state index in [-0.39, 0.29) is 16.3 Å². The van der Waals surface area contributed by atoms with Crippen molar-refractivity contribution in [1.29, 1.82) is 0 Å². The van der Waals surface area contributed by atoms with Crippen molar-refractivity contribution in [2.75, 3.05) is 23.1 Å². The molecule has 1 aliphatic rings. The highest BCUT2D eigenvalue weighted by atomic mass is 35.5. The first-order valence-electron chi connectivity index (χ1n) is 9.50. The Morgan fingerprint density at radius 3 is 2.60 bits per heavy atom. The van der Waals surface area contributed by atoms with Gasteiger partial charge in [0.15, 0.2) is 11.2 Å². The maximum absolute atomic E-state index is 14.6. The van der Waals surface area contributed by atoms with Crippen LogP contribution >= 0.6 is 11.6 Å². The van der Waals surface area contributed by atoms with Crippen LogP contribution in [0.25, 0.3) is 10.9 Å². The van der Waals surface area contributed by atoms with Gasteiger partial charge < -0.3 is 9.88 Å². The van der Waals surface area contributed by atoms with E-state index in [1.165, 1.54) is 23.0 Å². The molecule has 0 bridgehead atoms. The van der Waals surface area contributed by atoms with Crippen LogP contribution in [0.2, 0.25) is 5.02 Å². The van der Waals surface area contributed by atoms with E-state index in [0.29, 0.717) is 27.8 Å². The molecule has 1 aliphatic heterocycles. The Morgan fingerprint density at radius 1 is 1.17 bits per heavy atom. The van der Waals surface area contributed by atoms with Crippen LogP contribution in [0.15, 0.2) is 35.4 Å². The zero-order chi connectivity index (χ0) is 21.4. The Labute approximate surface area is 180 Å². The molecule has 1 atom stereocenters. The van der Waals surface area contributed by atoms with E-state index in [2.05, 4.69) is 15.0 Å². The van der Waals surface area contributed by atoms with Gasteiger partial charge in [-0.05, 0) is 49.6 Å². The van der Waals surface area contributed by atoms with Gasteiger partial charge in [-0.25, -0.2) is 17.9 Å². The van der Waals surface area contributed by atoms with E-state index >= 15 is 0 Å². The van der Waals surface area contributed by atoms with Gasteiger partial charge in [0.1, 0.15) is 5.82 Å². The Kier molecular flexibility index (Phi) is 5.77. The van der Waals surface area contributed by atoms with Crippen molar-refractivity contribution in [3.05, 3.63) is 57.3 Å². The molecular formula is C20H21ClFN5O2S. The minimum atomic E-state index is -1.45. The van der Waals surface area contributed by atoms with Crippen LogP contribution in [0, 0.1) is 12.7 Å². The third-order valence-electron chi connectivity index (χ3n) is 5.19. The van der Waals surface area contributed by atoms with Crippen molar-refractivity contribution < 1.29 is 8.60 Å². The lowest BCUT2D eigenvalue weighted by atomic mass is 10.1. The minimum Gasteiger partial charge on any atom is -0.352 e. The first kappa shape index (κ1) is 20.8. The Morgan fingerprint density at radius 2 is 1.87 bits per heavy atom. The van der Waals surface area contributed by atoms with Crippen molar-refractivity contribution in [2.24, 2.45) is 7.05 Å². The number of aryl methyl sites for hydroxylation is 2. The number of hydrogen-bond acceptors (Lipinski definition) is 4. The van der Waals surface area contributed by atoms with Gasteiger partial charge in [0, 0.05) is 25.8 Å². The van der Waals surface area contributed by atoms with E-state index in [0.717, 1.165) is 25.9 Å². The molecule has 4 rings (SSSR count). The Balaban J connectivity index is 1.69. The van der Waals surface area contributed by atoms with Gasteiger partial charge in [-0.1, -0.05) is 11.6 Å². The fourth-order valence-corrected chi connectivity index (χ4v) is 4.86. The number of nitrogens with one attached hydrogen (secondary N) is 2. The van der Waals surface area contributed by atoms with Crippen LogP contribution in [0.5, 0.6) is 0 Å². The van der Waals surface area contributed by atoms with Gasteiger partial charge in [0.2, 0.25) is 0 Å². The highest BCUT2D eigenvalue weighted by Crippen LogP contribution is 2.36. The highest BCUT2D eigenvalue weighted by molar-refractivity contribution is 7.84. The molecule has 1 saturated heterocycles. The molecule has 1 aromatic heterocycles. The van der Waals surface area contributed by atoms with Crippen LogP contribution in [-0.2, 0) is 18.2 Å². The Hall–Kier alpha value is -2.49. The van der Waals surface area contributed by atoms with E-state index in [1.807, 2.05) is 4.31 Å². The first-order valence-corrected chi connectivity index (χ1v) is 11.0. The summed E-state index contributed by atoms with van der Waals surface area (Å²) in [6, 6.07) is 6.14. The second-order valence-corrected chi connectivity index (χ2v) is 8.79. The quantitative estimate of drug-likeness (QED) is 0.619. The van der Waals surface area contributed by atoms with E-state index in [4.69, 9.17) is 11.6 Å². The third-order valence-corrected chi connectivity index (χ3v) is 6.82. The van der Waals surface area contributed by atoms with Gasteiger partial charge >= 0.3 is 0 Å². The maximum Gasteiger partial charge on any atom is 0.261 e. The number of hydrogen-bond donors (Lipinski definition) is 2. The monoisotopic (exact) mass is 449 g/mol. The molecule has 10 heteroatoms. The second kappa shape index (κ2) is 8.33. The largest absolute Gasteiger partial charge is 0.352 e. The van der Waals surface area contributed by atoms with Crippen LogP contribution in [0.4, 0.5) is 21.5 Å². The summed E-state index contributed by atoms with van der Waals surface area (Å²) >= 11 is 5.00. The molecule has 7 nitrogen and oxygen atoms in total. The molecule has 1 unspecified atom stereocenters. The molecule has 0 radical (unpaired) electrons. The standard InChI is InChI=1S/C20H21ClFN5O2S/c1-12-14(7-8-15-17(12)20(28)26(2)11-23-15)24-19-13(22)5-6-16(18(19)21)25-30(29)27-9-3-4-10-27/h5-8,11,24-25H,3-4,9-10H2,1-2H3. The summed E-state index contributed by atoms with van der Waals surface area (Å²) in [6.07, 6.45) is 3.45. The zero-order valence-corrected chi connectivity index (χ0v) is 18.1. The summed E-state index contributed by atoms with van der Waals surface area (Å²) < 4.78 is 33.2. The number of benzene rings is 2. The third kappa shape index (κ3) is 3.80. The highest BCUT2D eigenvalue weighted by Gasteiger charge is 2.21. The predicted molar refractivity (Wildman–Crippen MR) is 119 cm³/mol. The number of fused-ring (bicyclic) bond motifs is 1. The lowest BCUT2D eigenvalue weighted by Crippen LogP contribution is -2.27. The van der Waals surface area contributed by atoms with Gasteiger partial charge in [0.05, 0.1) is 33.6 Å². The summed E-state index contributed by atoms with van der Waals surface area (Å²) in [7, 11) is 1.63. The van der Waals surface area contributed by atoms with Crippen LogP contribution in [0.1, 0.15) is 18.4 Å². The number of nitrogens with zero attached hydrogens (tertiary/aromatic N) is 3. The van der Waals surface area contributed by atoms with Crippen LogP contribution < -0.4 is 15.6 Å². The molecule has 3 aromatic rings. The van der Waals surface area contributed by atoms with Gasteiger partial charge in [-0.3, -0.25) is 9.52 Å². The average Bonchev–Trinajstić information content (AvgIpc) is 3.26. The molecule has 0 aliphatic carbocycles. The SMILES string of the molecule is Cc1c(Nc2c(F)ccc(NS(=O)N3CCCC3)c2Cl)ccc2ncn(C)c(=O)c12. The fourth-order valence-electron chi connectivity index (χ4n) is 3.48. The molecule has 0 spiro atoms. The van der Waals surface area contributed by atoms with Crippen LogP contribution in [0.3, 0.4) is 0 Å². The fraction of sp³-hybridized carbons (Fsp3) is 0.300. The molecule has 2 aromatic carbocycles. The number of aromatic nitrogens is 2. The second-order valence-electron chi connectivity index (χ2n) is 7.19. The number of rotatable bonds is 5. The van der Waals surface area contributed by atoms with Crippen molar-refractivity contribution in [3.8, 4) is 0 Å². The van der Waals surface area contributed by atoms with E-state index < -0.39 is 17.0 Å². The number of halogens is 2. The molecule has 2 heterocycles. The summed E-state index contributed by atoms with van der Waals surface area (Å²) in [6.45, 7) is 3.25. The summed E-state index contributed by atoms with van der Waals surface area (Å²) in [5.74, 6) is -0.559. The predicted octanol–water partition coefficient (Wildman–Crippen LogP) is 3.86. The van der Waals surface area contributed by atoms with Gasteiger partial charge in [-0.15, -0.1) is 0 Å². The van der Waals surface area contributed by atoms with E-state index in [1.54, 1.807) is 26.1 Å². The molecule has 0 saturated carbocycles. The van der Waals surface area contributed by atoms with Gasteiger partial charge in [-0.2, -0.15) is 0 Å². The summed E-state index contributed by atoms with van der Waals surface area (Å²) in [4.78, 5) is 16.8. The zero-order valence-electron chi connectivity index (χ0n) is 16.5. The smallest absolute Gasteiger partial charge is 0.261 e. The topological polar surface area (TPSA) is 79.3 Å². The average molecular weight is 450 g/mol. The van der Waals surface area contributed by atoms with Crippen molar-refractivity contribution in [1.82, 2.24) is 13.9 Å². The van der Waals surface area contributed by atoms with E-state index in [9.17, 15) is 13.4 Å². The molecule has 0 amide bonds. The van der Waals surface area contributed by atoms with Crippen molar-refractivity contribution in [3.63, 3.8) is 0 Å². The van der Waals surface area contributed by atoms with Crippen molar-refractivity contribution in [2.45, 2.75) is 19.8 Å². The first-order chi connectivity index (χ1) is 14.4. The summed E-state index contributed by atoms with van der Waals surface area (Å²) in [5, 5.41) is 3.53. The molecule has 2 N–H and O–H groups in total. The normalized spacial score (nSPS) is 15.5. The molecule has 158 valence electrons. The lowest BCUT2D eigenvalue weighted by molar-refractivity contribution is 0.540. The minimum absolute atomic E-state index is 0.0447. The molecular weight excluding hydrogens is 429 g/mol.